The van der Waals surface area contributed by atoms with Crippen molar-refractivity contribution in [2.45, 2.75) is 39.3 Å². The van der Waals surface area contributed by atoms with Crippen molar-refractivity contribution in [1.29, 1.82) is 0 Å². The fourth-order valence-corrected chi connectivity index (χ4v) is 2.57. The third-order valence-electron chi connectivity index (χ3n) is 3.78. The van der Waals surface area contributed by atoms with E-state index in [0.29, 0.717) is 5.92 Å². The molecule has 15 heavy (non-hydrogen) atoms. The molecule has 4 nitrogen and oxygen atoms in total. The van der Waals surface area contributed by atoms with Gasteiger partial charge in [-0.2, -0.15) is 0 Å². The highest BCUT2D eigenvalue weighted by molar-refractivity contribution is 5.75. The monoisotopic (exact) mass is 214 g/mol. The second kappa shape index (κ2) is 3.76. The predicted octanol–water partition coefficient (Wildman–Crippen LogP) is 1.19. The summed E-state index contributed by atoms with van der Waals surface area (Å²) >= 11 is 0. The second-order valence-corrected chi connectivity index (χ2v) is 4.64. The van der Waals surface area contributed by atoms with Gasteiger partial charge in [0.05, 0.1) is 6.10 Å². The number of methoxy groups -OCH3 is 1. The van der Waals surface area contributed by atoms with Crippen LogP contribution in [0.15, 0.2) is 0 Å². The normalized spacial score (nSPS) is 50.0. The Labute approximate surface area is 89.9 Å². The Morgan fingerprint density at radius 3 is 2.40 bits per heavy atom. The van der Waals surface area contributed by atoms with E-state index >= 15 is 0 Å². The molecule has 0 aromatic heterocycles. The van der Waals surface area contributed by atoms with Crippen LogP contribution in [0.3, 0.4) is 0 Å². The largest absolute Gasteiger partial charge is 0.434 e. The van der Waals surface area contributed by atoms with E-state index in [0.717, 1.165) is 0 Å². The summed E-state index contributed by atoms with van der Waals surface area (Å²) in [5.74, 6) is 0.415. The molecule has 0 radical (unpaired) electrons. The van der Waals surface area contributed by atoms with Crippen LogP contribution in [-0.2, 0) is 19.0 Å². The summed E-state index contributed by atoms with van der Waals surface area (Å²) in [7, 11) is 1.54. The molecule has 2 heterocycles. The van der Waals surface area contributed by atoms with Crippen molar-refractivity contribution in [2.75, 3.05) is 7.11 Å². The van der Waals surface area contributed by atoms with Gasteiger partial charge in [-0.25, -0.2) is 4.79 Å². The van der Waals surface area contributed by atoms with Gasteiger partial charge in [0.15, 0.2) is 6.10 Å². The third-order valence-corrected chi connectivity index (χ3v) is 3.78. The highest BCUT2D eigenvalue weighted by Crippen LogP contribution is 2.40. The van der Waals surface area contributed by atoms with Crippen molar-refractivity contribution in [3.8, 4) is 0 Å². The Morgan fingerprint density at radius 1 is 1.13 bits per heavy atom. The average molecular weight is 214 g/mol. The highest BCUT2D eigenvalue weighted by atomic mass is 16.7. The highest BCUT2D eigenvalue weighted by Gasteiger charge is 2.50. The molecule has 2 fully saturated rings. The zero-order valence-corrected chi connectivity index (χ0v) is 9.60. The summed E-state index contributed by atoms with van der Waals surface area (Å²) in [4.78, 5) is 11.7. The summed E-state index contributed by atoms with van der Waals surface area (Å²) in [5, 5.41) is 0. The molecule has 2 saturated heterocycles. The van der Waals surface area contributed by atoms with Gasteiger partial charge in [0.2, 0.25) is 6.29 Å². The lowest BCUT2D eigenvalue weighted by Gasteiger charge is -2.27. The number of esters is 1. The van der Waals surface area contributed by atoms with E-state index in [9.17, 15) is 4.79 Å². The fraction of sp³-hybridized carbons (Fsp3) is 0.909. The zero-order valence-electron chi connectivity index (χ0n) is 9.60. The van der Waals surface area contributed by atoms with Crippen molar-refractivity contribution in [1.82, 2.24) is 0 Å². The summed E-state index contributed by atoms with van der Waals surface area (Å²) in [6.45, 7) is 6.18. The minimum Gasteiger partial charge on any atom is -0.434 e. The quantitative estimate of drug-likeness (QED) is 0.615. The first-order chi connectivity index (χ1) is 7.06. The standard InChI is InChI=1S/C11H18O4/c1-5-6(2)11-14-8(5)7(3)9(13-4)10(12)15-11/h5-9,11H,1-4H3. The van der Waals surface area contributed by atoms with Crippen LogP contribution in [0.2, 0.25) is 0 Å². The minimum absolute atomic E-state index is 0.0486. The first-order valence-electron chi connectivity index (χ1n) is 5.45. The first kappa shape index (κ1) is 10.9. The number of hydrogen-bond acceptors (Lipinski definition) is 4. The Kier molecular flexibility index (Phi) is 2.73. The van der Waals surface area contributed by atoms with E-state index < -0.39 is 6.10 Å². The lowest BCUT2D eigenvalue weighted by molar-refractivity contribution is -0.179. The van der Waals surface area contributed by atoms with Gasteiger partial charge >= 0.3 is 5.97 Å². The summed E-state index contributed by atoms with van der Waals surface area (Å²) < 4.78 is 16.2. The number of rotatable bonds is 1. The van der Waals surface area contributed by atoms with E-state index in [1.54, 1.807) is 0 Å². The van der Waals surface area contributed by atoms with Gasteiger partial charge in [0.1, 0.15) is 0 Å². The van der Waals surface area contributed by atoms with Crippen LogP contribution in [0.25, 0.3) is 0 Å². The Bertz CT molecular complexity index is 265. The number of hydrogen-bond donors (Lipinski definition) is 0. The zero-order chi connectivity index (χ0) is 11.2. The molecule has 2 rings (SSSR count). The van der Waals surface area contributed by atoms with Crippen LogP contribution in [0, 0.1) is 17.8 Å². The predicted molar refractivity (Wildman–Crippen MR) is 53.0 cm³/mol. The van der Waals surface area contributed by atoms with Gasteiger partial charge in [-0.1, -0.05) is 20.8 Å². The molecule has 2 aliphatic heterocycles. The third kappa shape index (κ3) is 1.56. The van der Waals surface area contributed by atoms with Gasteiger partial charge in [-0.05, 0) is 5.92 Å². The molecule has 0 spiro atoms. The fourth-order valence-electron chi connectivity index (χ4n) is 2.57. The molecule has 4 heteroatoms. The SMILES string of the molecule is COC1C(=O)OC2OC(C1C)C(C)C2C. The van der Waals surface area contributed by atoms with Crippen LogP contribution < -0.4 is 0 Å². The molecule has 0 N–H and O–H groups in total. The van der Waals surface area contributed by atoms with Gasteiger partial charge in [-0.15, -0.1) is 0 Å². The molecule has 2 bridgehead atoms. The number of carbonyl (C=O) groups is 1. The van der Waals surface area contributed by atoms with Gasteiger partial charge in [-0.3, -0.25) is 0 Å². The van der Waals surface area contributed by atoms with Gasteiger partial charge < -0.3 is 14.2 Å². The van der Waals surface area contributed by atoms with E-state index in [2.05, 4.69) is 13.8 Å². The Hall–Kier alpha value is -0.610. The molecule has 86 valence electrons. The molecule has 0 aromatic rings. The maximum atomic E-state index is 11.7. The van der Waals surface area contributed by atoms with E-state index in [-0.39, 0.29) is 30.2 Å². The molecular weight excluding hydrogens is 196 g/mol. The topological polar surface area (TPSA) is 44.8 Å². The van der Waals surface area contributed by atoms with E-state index in [1.807, 2.05) is 6.92 Å². The van der Waals surface area contributed by atoms with Crippen molar-refractivity contribution < 1.29 is 19.0 Å². The summed E-state index contributed by atoms with van der Waals surface area (Å²) in [5.41, 5.74) is 0. The van der Waals surface area contributed by atoms with E-state index in [4.69, 9.17) is 14.2 Å². The molecule has 2 aliphatic rings. The van der Waals surface area contributed by atoms with Crippen molar-refractivity contribution >= 4 is 5.97 Å². The van der Waals surface area contributed by atoms with Crippen LogP contribution >= 0.6 is 0 Å². The molecule has 0 amide bonds. The van der Waals surface area contributed by atoms with Crippen molar-refractivity contribution in [3.05, 3.63) is 0 Å². The van der Waals surface area contributed by atoms with E-state index in [1.165, 1.54) is 7.11 Å². The summed E-state index contributed by atoms with van der Waals surface area (Å²) in [6, 6.07) is 0. The Morgan fingerprint density at radius 2 is 1.80 bits per heavy atom. The van der Waals surface area contributed by atoms with Gasteiger partial charge in [0.25, 0.3) is 0 Å². The van der Waals surface area contributed by atoms with Crippen LogP contribution in [0.4, 0.5) is 0 Å². The number of carbonyl (C=O) groups excluding carboxylic acids is 1. The smallest absolute Gasteiger partial charge is 0.337 e. The lowest BCUT2D eigenvalue weighted by atomic mass is 9.84. The molecule has 0 saturated carbocycles. The minimum atomic E-state index is -0.491. The molecule has 0 aliphatic carbocycles. The first-order valence-corrected chi connectivity index (χ1v) is 5.45. The van der Waals surface area contributed by atoms with Crippen LogP contribution in [-0.4, -0.2) is 31.6 Å². The molecular formula is C11H18O4. The number of fused-ring (bicyclic) bond motifs is 2. The molecule has 6 unspecified atom stereocenters. The maximum absolute atomic E-state index is 11.7. The molecule has 0 aromatic carbocycles. The second-order valence-electron chi connectivity index (χ2n) is 4.64. The van der Waals surface area contributed by atoms with Crippen molar-refractivity contribution in [2.24, 2.45) is 17.8 Å². The number of ether oxygens (including phenoxy) is 3. The summed E-state index contributed by atoms with van der Waals surface area (Å²) in [6.07, 6.45) is -0.823. The molecule has 6 atom stereocenters. The lowest BCUT2D eigenvalue weighted by Crippen LogP contribution is -2.40. The maximum Gasteiger partial charge on any atom is 0.337 e. The van der Waals surface area contributed by atoms with Crippen molar-refractivity contribution in [3.63, 3.8) is 0 Å². The Balaban J connectivity index is 2.25. The van der Waals surface area contributed by atoms with Crippen LogP contribution in [0.5, 0.6) is 0 Å². The van der Waals surface area contributed by atoms with Crippen LogP contribution in [0.1, 0.15) is 20.8 Å². The average Bonchev–Trinajstić information content (AvgIpc) is 2.41. The van der Waals surface area contributed by atoms with Gasteiger partial charge in [0, 0.05) is 18.9 Å².